The van der Waals surface area contributed by atoms with Gasteiger partial charge < -0.3 is 20.8 Å². The summed E-state index contributed by atoms with van der Waals surface area (Å²) in [7, 11) is 0. The molecule has 2 rings (SSSR count). The summed E-state index contributed by atoms with van der Waals surface area (Å²) in [6.45, 7) is 0. The predicted octanol–water partition coefficient (Wildman–Crippen LogP) is 1.22. The van der Waals surface area contributed by atoms with Gasteiger partial charge in [0, 0.05) is 12.0 Å². The Hall–Kier alpha value is -2.72. The van der Waals surface area contributed by atoms with Crippen LogP contribution in [-0.4, -0.2) is 44.3 Å². The van der Waals surface area contributed by atoms with Crippen LogP contribution in [-0.2, 0) is 14.4 Å². The first-order valence-corrected chi connectivity index (χ1v) is 8.59. The minimum atomic E-state index is -1.31. The van der Waals surface area contributed by atoms with Crippen molar-refractivity contribution < 1.29 is 29.4 Å². The molecule has 1 aromatic rings. The molecule has 2 amide bonds. The fourth-order valence-corrected chi connectivity index (χ4v) is 3.15. The highest BCUT2D eigenvalue weighted by Crippen LogP contribution is 2.26. The minimum Gasteiger partial charge on any atom is -0.481 e. The Balaban J connectivity index is 2.13. The van der Waals surface area contributed by atoms with E-state index < -0.39 is 23.9 Å². The monoisotopic (exact) mass is 394 g/mol. The molecule has 1 fully saturated rings. The number of amides is 2. The number of carboxylic acid groups (broad SMARTS) is 2. The van der Waals surface area contributed by atoms with E-state index in [2.05, 4.69) is 10.6 Å². The second-order valence-corrected chi connectivity index (χ2v) is 6.99. The van der Waals surface area contributed by atoms with Crippen LogP contribution < -0.4 is 10.6 Å². The molecule has 0 bridgehead atoms. The Morgan fingerprint density at radius 2 is 2.04 bits per heavy atom. The molecule has 1 saturated heterocycles. The van der Waals surface area contributed by atoms with Crippen molar-refractivity contribution in [3.05, 3.63) is 40.3 Å². The summed E-state index contributed by atoms with van der Waals surface area (Å²) in [5.41, 5.74) is 0.754. The average molecular weight is 394 g/mol. The van der Waals surface area contributed by atoms with Gasteiger partial charge >= 0.3 is 11.9 Å². The number of thioether (sulfide) groups is 1. The molecule has 0 aliphatic carbocycles. The van der Waals surface area contributed by atoms with Crippen LogP contribution >= 0.6 is 24.0 Å². The van der Waals surface area contributed by atoms with Crippen molar-refractivity contribution in [1.82, 2.24) is 10.6 Å². The Morgan fingerprint density at radius 3 is 2.62 bits per heavy atom. The molecule has 0 radical (unpaired) electrons. The smallest absolute Gasteiger partial charge is 0.326 e. The van der Waals surface area contributed by atoms with Gasteiger partial charge in [0.05, 0.1) is 4.91 Å². The van der Waals surface area contributed by atoms with Crippen LogP contribution in [0.3, 0.4) is 0 Å². The Morgan fingerprint density at radius 1 is 1.31 bits per heavy atom. The molecule has 0 aromatic heterocycles. The number of nitrogens with one attached hydrogen (secondary N) is 2. The maximum absolute atomic E-state index is 12.3. The number of thiocarbonyl (C=S) groups is 1. The van der Waals surface area contributed by atoms with E-state index in [0.29, 0.717) is 14.8 Å². The molecule has 0 saturated carbocycles. The molecule has 1 aliphatic rings. The van der Waals surface area contributed by atoms with Crippen LogP contribution in [0.5, 0.6) is 0 Å². The molecule has 4 N–H and O–H groups in total. The molecule has 10 heteroatoms. The van der Waals surface area contributed by atoms with Crippen LogP contribution in [0.25, 0.3) is 6.08 Å². The molecule has 1 aliphatic heterocycles. The summed E-state index contributed by atoms with van der Waals surface area (Å²) in [4.78, 5) is 46.1. The zero-order valence-electron chi connectivity index (χ0n) is 13.2. The van der Waals surface area contributed by atoms with Gasteiger partial charge in [-0.25, -0.2) is 4.79 Å². The summed E-state index contributed by atoms with van der Waals surface area (Å²) in [6.07, 6.45) is 0.958. The van der Waals surface area contributed by atoms with Crippen molar-refractivity contribution in [2.24, 2.45) is 0 Å². The lowest BCUT2D eigenvalue weighted by Crippen LogP contribution is -2.41. The Bertz CT molecular complexity index is 821. The lowest BCUT2D eigenvalue weighted by Gasteiger charge is -2.13. The van der Waals surface area contributed by atoms with Gasteiger partial charge in [0.25, 0.3) is 11.8 Å². The first kappa shape index (κ1) is 19.6. The van der Waals surface area contributed by atoms with Gasteiger partial charge in [-0.05, 0) is 30.2 Å². The van der Waals surface area contributed by atoms with E-state index in [-0.39, 0.29) is 24.3 Å². The molecule has 1 atom stereocenters. The minimum absolute atomic E-state index is 0.187. The standard InChI is InChI=1S/C16H14N2O6S2/c19-12(20)5-4-10(15(23)24)17-13(21)9-3-1-2-8(6-9)7-11-14(22)18-16(25)26-11/h1-3,6-7,10H,4-5H2,(H,17,21)(H,19,20)(H,23,24)(H,18,22,25)/b11-7-/t10-/m0/s1. The molecular formula is C16H14N2O6S2. The van der Waals surface area contributed by atoms with Crippen molar-refractivity contribution >= 4 is 58.1 Å². The van der Waals surface area contributed by atoms with Crippen molar-refractivity contribution in [1.29, 1.82) is 0 Å². The Kier molecular flexibility index (Phi) is 6.47. The zero-order valence-corrected chi connectivity index (χ0v) is 14.9. The normalized spacial score (nSPS) is 16.2. The summed E-state index contributed by atoms with van der Waals surface area (Å²) in [5.74, 6) is -3.44. The van der Waals surface area contributed by atoms with Gasteiger partial charge in [-0.3, -0.25) is 14.4 Å². The maximum Gasteiger partial charge on any atom is 0.326 e. The summed E-state index contributed by atoms with van der Waals surface area (Å²) in [6, 6.07) is 4.93. The average Bonchev–Trinajstić information content (AvgIpc) is 2.88. The quantitative estimate of drug-likeness (QED) is 0.401. The van der Waals surface area contributed by atoms with Gasteiger partial charge in [-0.15, -0.1) is 0 Å². The maximum atomic E-state index is 12.3. The van der Waals surface area contributed by atoms with Crippen LogP contribution in [0.4, 0.5) is 0 Å². The van der Waals surface area contributed by atoms with Gasteiger partial charge in [0.15, 0.2) is 0 Å². The SMILES string of the molecule is O=C(O)CC[C@H](NC(=O)c1cccc(/C=C2\SC(=S)NC2=O)c1)C(=O)O. The number of carboxylic acids is 2. The Labute approximate surface area is 157 Å². The third-order valence-corrected chi connectivity index (χ3v) is 4.50. The van der Waals surface area contributed by atoms with Crippen molar-refractivity contribution in [3.8, 4) is 0 Å². The number of hydrogen-bond donors (Lipinski definition) is 4. The fourth-order valence-electron chi connectivity index (χ4n) is 2.11. The topological polar surface area (TPSA) is 133 Å². The van der Waals surface area contributed by atoms with Crippen LogP contribution in [0, 0.1) is 0 Å². The number of benzene rings is 1. The molecule has 0 unspecified atom stereocenters. The van der Waals surface area contributed by atoms with Crippen molar-refractivity contribution in [2.75, 3.05) is 0 Å². The van der Waals surface area contributed by atoms with Crippen LogP contribution in [0.1, 0.15) is 28.8 Å². The zero-order chi connectivity index (χ0) is 19.3. The van der Waals surface area contributed by atoms with Gasteiger partial charge in [-0.1, -0.05) is 36.1 Å². The second kappa shape index (κ2) is 8.59. The number of hydrogen-bond acceptors (Lipinski definition) is 6. The van der Waals surface area contributed by atoms with Crippen molar-refractivity contribution in [2.45, 2.75) is 18.9 Å². The first-order valence-electron chi connectivity index (χ1n) is 7.36. The van der Waals surface area contributed by atoms with Gasteiger partial charge in [0.1, 0.15) is 10.4 Å². The second-order valence-electron chi connectivity index (χ2n) is 5.27. The summed E-state index contributed by atoms with van der Waals surface area (Å²) >= 11 is 6.00. The molecule has 8 nitrogen and oxygen atoms in total. The van der Waals surface area contributed by atoms with E-state index in [1.165, 1.54) is 12.1 Å². The van der Waals surface area contributed by atoms with Crippen LogP contribution in [0.15, 0.2) is 29.2 Å². The lowest BCUT2D eigenvalue weighted by atomic mass is 10.1. The van der Waals surface area contributed by atoms with E-state index in [9.17, 15) is 19.2 Å². The van der Waals surface area contributed by atoms with E-state index in [4.69, 9.17) is 22.4 Å². The van der Waals surface area contributed by atoms with E-state index >= 15 is 0 Å². The molecular weight excluding hydrogens is 380 g/mol. The van der Waals surface area contributed by atoms with E-state index in [1.807, 2.05) is 0 Å². The fraction of sp³-hybridized carbons (Fsp3) is 0.188. The van der Waals surface area contributed by atoms with E-state index in [0.717, 1.165) is 11.8 Å². The summed E-state index contributed by atoms with van der Waals surface area (Å²) < 4.78 is 0.345. The van der Waals surface area contributed by atoms with Crippen molar-refractivity contribution in [3.63, 3.8) is 0 Å². The number of carbonyl (C=O) groups is 4. The molecule has 1 aromatic carbocycles. The number of carbonyl (C=O) groups excluding carboxylic acids is 2. The van der Waals surface area contributed by atoms with Gasteiger partial charge in [0.2, 0.25) is 0 Å². The van der Waals surface area contributed by atoms with Gasteiger partial charge in [-0.2, -0.15) is 0 Å². The number of rotatable bonds is 7. The highest BCUT2D eigenvalue weighted by molar-refractivity contribution is 8.26. The summed E-state index contributed by atoms with van der Waals surface area (Å²) in [5, 5.41) is 22.5. The molecule has 0 spiro atoms. The lowest BCUT2D eigenvalue weighted by molar-refractivity contribution is -0.140. The largest absolute Gasteiger partial charge is 0.481 e. The third kappa shape index (κ3) is 5.39. The molecule has 26 heavy (non-hydrogen) atoms. The van der Waals surface area contributed by atoms with E-state index in [1.54, 1.807) is 18.2 Å². The predicted molar refractivity (Wildman–Crippen MR) is 98.5 cm³/mol. The highest BCUT2D eigenvalue weighted by Gasteiger charge is 2.23. The van der Waals surface area contributed by atoms with Crippen LogP contribution in [0.2, 0.25) is 0 Å². The third-order valence-electron chi connectivity index (χ3n) is 3.34. The first-order chi connectivity index (χ1) is 12.3. The molecule has 136 valence electrons. The molecule has 1 heterocycles. The highest BCUT2D eigenvalue weighted by atomic mass is 32.2. The number of aliphatic carboxylic acids is 2.